The van der Waals surface area contributed by atoms with Crippen LogP contribution in [0.2, 0.25) is 0 Å². The standard InChI is InChI=1S/C18H26N2O2/c1-13(19(2)12-15-7-5-9-17(15)21)18(22)20-11-10-14-6-3-4-8-16(14)20/h3-4,6,8,13,15,17,21H,5,7,9-12H2,1-2H3. The molecule has 3 unspecified atom stereocenters. The number of aliphatic hydroxyl groups is 1. The van der Waals surface area contributed by atoms with Crippen LogP contribution in [0, 0.1) is 5.92 Å². The van der Waals surface area contributed by atoms with Gasteiger partial charge in [0.15, 0.2) is 0 Å². The van der Waals surface area contributed by atoms with Crippen LogP contribution in [0.25, 0.3) is 0 Å². The Morgan fingerprint density at radius 1 is 1.41 bits per heavy atom. The number of aliphatic hydroxyl groups excluding tert-OH is 1. The fraction of sp³-hybridized carbons (Fsp3) is 0.611. The number of carbonyl (C=O) groups is 1. The van der Waals surface area contributed by atoms with Crippen molar-refractivity contribution >= 4 is 11.6 Å². The number of hydrogen-bond acceptors (Lipinski definition) is 3. The molecule has 1 saturated carbocycles. The van der Waals surface area contributed by atoms with Crippen LogP contribution in [-0.2, 0) is 11.2 Å². The maximum Gasteiger partial charge on any atom is 0.244 e. The van der Waals surface area contributed by atoms with Crippen molar-refractivity contribution in [1.29, 1.82) is 0 Å². The van der Waals surface area contributed by atoms with E-state index in [2.05, 4.69) is 11.0 Å². The first-order valence-electron chi connectivity index (χ1n) is 8.35. The summed E-state index contributed by atoms with van der Waals surface area (Å²) in [6.45, 7) is 3.55. The van der Waals surface area contributed by atoms with Gasteiger partial charge in [-0.3, -0.25) is 9.69 Å². The number of rotatable bonds is 4. The number of hydrogen-bond donors (Lipinski definition) is 1. The average molecular weight is 302 g/mol. The molecule has 1 aliphatic carbocycles. The molecule has 0 bridgehead atoms. The van der Waals surface area contributed by atoms with Gasteiger partial charge in [-0.25, -0.2) is 0 Å². The fourth-order valence-corrected chi connectivity index (χ4v) is 3.74. The molecule has 0 spiro atoms. The summed E-state index contributed by atoms with van der Waals surface area (Å²) in [5.41, 5.74) is 2.32. The van der Waals surface area contributed by atoms with Crippen molar-refractivity contribution in [3.05, 3.63) is 29.8 Å². The summed E-state index contributed by atoms with van der Waals surface area (Å²) >= 11 is 0. The molecule has 1 aromatic carbocycles. The number of carbonyl (C=O) groups excluding carboxylic acids is 1. The van der Waals surface area contributed by atoms with Crippen molar-refractivity contribution in [3.63, 3.8) is 0 Å². The summed E-state index contributed by atoms with van der Waals surface area (Å²) in [7, 11) is 2.00. The minimum atomic E-state index is -0.197. The molecular formula is C18H26N2O2. The van der Waals surface area contributed by atoms with Crippen LogP contribution in [-0.4, -0.2) is 48.2 Å². The number of anilines is 1. The molecule has 1 heterocycles. The maximum absolute atomic E-state index is 12.8. The molecule has 22 heavy (non-hydrogen) atoms. The smallest absolute Gasteiger partial charge is 0.244 e. The molecular weight excluding hydrogens is 276 g/mol. The zero-order chi connectivity index (χ0) is 15.7. The Labute approximate surface area is 132 Å². The first-order chi connectivity index (χ1) is 10.6. The predicted octanol–water partition coefficient (Wildman–Crippen LogP) is 2.06. The van der Waals surface area contributed by atoms with Gasteiger partial charge in [-0.05, 0) is 50.8 Å². The third-order valence-electron chi connectivity index (χ3n) is 5.31. The lowest BCUT2D eigenvalue weighted by Gasteiger charge is -2.30. The van der Waals surface area contributed by atoms with Crippen molar-refractivity contribution in [2.24, 2.45) is 5.92 Å². The Balaban J connectivity index is 1.64. The van der Waals surface area contributed by atoms with Crippen molar-refractivity contribution in [3.8, 4) is 0 Å². The second-order valence-electron chi connectivity index (χ2n) is 6.74. The summed E-state index contributed by atoms with van der Waals surface area (Å²) < 4.78 is 0. The van der Waals surface area contributed by atoms with E-state index in [1.807, 2.05) is 37.1 Å². The number of nitrogens with zero attached hydrogens (tertiary/aromatic N) is 2. The number of para-hydroxylation sites is 1. The quantitative estimate of drug-likeness (QED) is 0.926. The lowest BCUT2D eigenvalue weighted by Crippen LogP contribution is -2.47. The molecule has 120 valence electrons. The lowest BCUT2D eigenvalue weighted by molar-refractivity contribution is -0.123. The molecule has 3 atom stereocenters. The van der Waals surface area contributed by atoms with Crippen LogP contribution in [0.1, 0.15) is 31.7 Å². The summed E-state index contributed by atoms with van der Waals surface area (Å²) in [6.07, 6.45) is 3.82. The van der Waals surface area contributed by atoms with Crippen LogP contribution in [0.4, 0.5) is 5.69 Å². The van der Waals surface area contributed by atoms with E-state index in [0.717, 1.165) is 44.5 Å². The average Bonchev–Trinajstić information content (AvgIpc) is 3.12. The molecule has 1 N–H and O–H groups in total. The highest BCUT2D eigenvalue weighted by atomic mass is 16.3. The Bertz CT molecular complexity index is 546. The van der Waals surface area contributed by atoms with Crippen molar-refractivity contribution in [2.45, 2.75) is 44.8 Å². The minimum Gasteiger partial charge on any atom is -0.393 e. The SMILES string of the molecule is CC(C(=O)N1CCc2ccccc21)N(C)CC1CCCC1O. The van der Waals surface area contributed by atoms with E-state index in [4.69, 9.17) is 0 Å². The van der Waals surface area contributed by atoms with Crippen molar-refractivity contribution in [2.75, 3.05) is 25.0 Å². The van der Waals surface area contributed by atoms with Gasteiger partial charge in [-0.2, -0.15) is 0 Å². The van der Waals surface area contributed by atoms with Gasteiger partial charge in [-0.15, -0.1) is 0 Å². The van der Waals surface area contributed by atoms with Crippen LogP contribution in [0.5, 0.6) is 0 Å². The number of likely N-dealkylation sites (N-methyl/N-ethyl adjacent to an activating group) is 1. The molecule has 2 aliphatic rings. The highest BCUT2D eigenvalue weighted by Gasteiger charge is 2.32. The van der Waals surface area contributed by atoms with Gasteiger partial charge in [0.05, 0.1) is 12.1 Å². The molecule has 3 rings (SSSR count). The Morgan fingerprint density at radius 2 is 2.18 bits per heavy atom. The van der Waals surface area contributed by atoms with Gasteiger partial charge >= 0.3 is 0 Å². The van der Waals surface area contributed by atoms with Crippen LogP contribution < -0.4 is 4.90 Å². The lowest BCUT2D eigenvalue weighted by atomic mass is 10.0. The van der Waals surface area contributed by atoms with E-state index in [-0.39, 0.29) is 18.1 Å². The number of benzene rings is 1. The second-order valence-corrected chi connectivity index (χ2v) is 6.74. The van der Waals surface area contributed by atoms with Crippen molar-refractivity contribution < 1.29 is 9.90 Å². The predicted molar refractivity (Wildman–Crippen MR) is 87.9 cm³/mol. The van der Waals surface area contributed by atoms with E-state index in [1.165, 1.54) is 5.56 Å². The molecule has 1 fully saturated rings. The highest BCUT2D eigenvalue weighted by Crippen LogP contribution is 2.29. The Morgan fingerprint density at radius 3 is 2.91 bits per heavy atom. The second kappa shape index (κ2) is 6.39. The summed E-state index contributed by atoms with van der Waals surface area (Å²) in [4.78, 5) is 16.8. The molecule has 0 radical (unpaired) electrons. The van der Waals surface area contributed by atoms with Crippen LogP contribution in [0.3, 0.4) is 0 Å². The van der Waals surface area contributed by atoms with Gasteiger partial charge in [0.1, 0.15) is 0 Å². The molecule has 1 aliphatic heterocycles. The van der Waals surface area contributed by atoms with Crippen LogP contribution >= 0.6 is 0 Å². The van der Waals surface area contributed by atoms with E-state index < -0.39 is 0 Å². The molecule has 4 nitrogen and oxygen atoms in total. The summed E-state index contributed by atoms with van der Waals surface area (Å²) in [5.74, 6) is 0.478. The van der Waals surface area contributed by atoms with Gasteiger partial charge in [-0.1, -0.05) is 24.6 Å². The minimum absolute atomic E-state index is 0.154. The normalized spacial score (nSPS) is 25.5. The Kier molecular flexibility index (Phi) is 4.50. The van der Waals surface area contributed by atoms with E-state index in [0.29, 0.717) is 5.92 Å². The van der Waals surface area contributed by atoms with Gasteiger partial charge in [0, 0.05) is 18.8 Å². The Hall–Kier alpha value is -1.39. The summed E-state index contributed by atoms with van der Waals surface area (Å²) in [6, 6.07) is 8.01. The topological polar surface area (TPSA) is 43.8 Å². The van der Waals surface area contributed by atoms with E-state index in [9.17, 15) is 9.90 Å². The molecule has 4 heteroatoms. The monoisotopic (exact) mass is 302 g/mol. The largest absolute Gasteiger partial charge is 0.393 e. The third-order valence-corrected chi connectivity index (χ3v) is 5.31. The van der Waals surface area contributed by atoms with Gasteiger partial charge in [0.2, 0.25) is 5.91 Å². The van der Waals surface area contributed by atoms with Crippen LogP contribution in [0.15, 0.2) is 24.3 Å². The zero-order valence-electron chi connectivity index (χ0n) is 13.5. The summed E-state index contributed by atoms with van der Waals surface area (Å²) in [5, 5.41) is 9.98. The number of fused-ring (bicyclic) bond motifs is 1. The zero-order valence-corrected chi connectivity index (χ0v) is 13.5. The first kappa shape index (κ1) is 15.5. The third kappa shape index (κ3) is 2.90. The maximum atomic E-state index is 12.8. The van der Waals surface area contributed by atoms with Gasteiger partial charge in [0.25, 0.3) is 0 Å². The van der Waals surface area contributed by atoms with Crippen molar-refractivity contribution in [1.82, 2.24) is 4.90 Å². The fourth-order valence-electron chi connectivity index (χ4n) is 3.74. The molecule has 1 aromatic rings. The first-order valence-corrected chi connectivity index (χ1v) is 8.35. The molecule has 0 saturated heterocycles. The highest BCUT2D eigenvalue weighted by molar-refractivity contribution is 5.98. The van der Waals surface area contributed by atoms with Gasteiger partial charge < -0.3 is 10.0 Å². The van der Waals surface area contributed by atoms with E-state index >= 15 is 0 Å². The molecule has 1 amide bonds. The number of amides is 1. The molecule has 0 aromatic heterocycles. The van der Waals surface area contributed by atoms with E-state index in [1.54, 1.807) is 0 Å².